The Bertz CT molecular complexity index is 1210. The van der Waals surface area contributed by atoms with Crippen LogP contribution in [0.25, 0.3) is 11.0 Å². The molecule has 0 spiro atoms. The summed E-state index contributed by atoms with van der Waals surface area (Å²) in [6.45, 7) is 2.07. The minimum absolute atomic E-state index is 0.220. The van der Waals surface area contributed by atoms with Crippen LogP contribution in [-0.4, -0.2) is 30.1 Å². The topological polar surface area (TPSA) is 76.2 Å². The van der Waals surface area contributed by atoms with Crippen molar-refractivity contribution in [2.75, 3.05) is 19.5 Å². The maximum Gasteiger partial charge on any atom is 0.255 e. The fourth-order valence-corrected chi connectivity index (χ4v) is 3.50. The molecule has 158 valence electrons. The second kappa shape index (κ2) is 8.92. The number of aromatic amines is 1. The third kappa shape index (κ3) is 4.86. The van der Waals surface area contributed by atoms with Crippen molar-refractivity contribution in [2.45, 2.75) is 19.8 Å². The molecule has 0 radical (unpaired) electrons. The monoisotopic (exact) mass is 415 g/mol. The Labute approximate surface area is 181 Å². The number of amides is 1. The lowest BCUT2D eigenvalue weighted by Gasteiger charge is -2.10. The van der Waals surface area contributed by atoms with E-state index < -0.39 is 0 Å². The summed E-state index contributed by atoms with van der Waals surface area (Å²) in [5.74, 6) is 1.87. The van der Waals surface area contributed by atoms with E-state index >= 15 is 0 Å². The molecule has 0 aliphatic heterocycles. The number of imidazole rings is 1. The van der Waals surface area contributed by atoms with Crippen molar-refractivity contribution in [3.05, 3.63) is 83.2 Å². The van der Waals surface area contributed by atoms with Gasteiger partial charge in [-0.15, -0.1) is 0 Å². The smallest absolute Gasteiger partial charge is 0.255 e. The number of fused-ring (bicyclic) bond motifs is 1. The number of rotatable bonds is 7. The van der Waals surface area contributed by atoms with Crippen molar-refractivity contribution in [3.63, 3.8) is 0 Å². The molecule has 0 saturated carbocycles. The highest BCUT2D eigenvalue weighted by molar-refractivity contribution is 6.04. The van der Waals surface area contributed by atoms with Gasteiger partial charge in [0.15, 0.2) is 0 Å². The van der Waals surface area contributed by atoms with Crippen LogP contribution in [0.4, 0.5) is 5.69 Å². The number of carbonyl (C=O) groups is 1. The van der Waals surface area contributed by atoms with Crippen molar-refractivity contribution >= 4 is 22.6 Å². The molecule has 0 aliphatic carbocycles. The van der Waals surface area contributed by atoms with E-state index in [-0.39, 0.29) is 5.91 Å². The van der Waals surface area contributed by atoms with Gasteiger partial charge in [0.25, 0.3) is 5.91 Å². The summed E-state index contributed by atoms with van der Waals surface area (Å²) in [6.07, 6.45) is 1.60. The number of carbonyl (C=O) groups excluding carboxylic acids is 1. The fraction of sp³-hybridized carbons (Fsp3) is 0.200. The maximum atomic E-state index is 12.7. The predicted molar refractivity (Wildman–Crippen MR) is 122 cm³/mol. The van der Waals surface area contributed by atoms with Crippen molar-refractivity contribution in [2.24, 2.45) is 0 Å². The molecule has 0 atom stereocenters. The zero-order chi connectivity index (χ0) is 21.8. The Morgan fingerprint density at radius 3 is 2.48 bits per heavy atom. The Balaban J connectivity index is 1.44. The van der Waals surface area contributed by atoms with Gasteiger partial charge in [0.2, 0.25) is 0 Å². The summed E-state index contributed by atoms with van der Waals surface area (Å²) in [5, 5.41) is 2.95. The number of hydrogen-bond donors (Lipinski definition) is 2. The molecular weight excluding hydrogens is 390 g/mol. The Hall–Kier alpha value is -3.80. The first kappa shape index (κ1) is 20.5. The molecule has 0 saturated heterocycles. The molecule has 0 unspecified atom stereocenters. The molecule has 3 aromatic carbocycles. The van der Waals surface area contributed by atoms with Gasteiger partial charge in [-0.05, 0) is 60.9 Å². The van der Waals surface area contributed by atoms with E-state index in [2.05, 4.69) is 40.4 Å². The minimum Gasteiger partial charge on any atom is -0.497 e. The van der Waals surface area contributed by atoms with Gasteiger partial charge in [-0.25, -0.2) is 4.98 Å². The summed E-state index contributed by atoms with van der Waals surface area (Å²) in [7, 11) is 3.12. The van der Waals surface area contributed by atoms with Crippen LogP contribution < -0.4 is 14.8 Å². The van der Waals surface area contributed by atoms with E-state index in [9.17, 15) is 4.79 Å². The van der Waals surface area contributed by atoms with Crippen LogP contribution in [0.15, 0.2) is 60.7 Å². The molecule has 0 fully saturated rings. The number of aryl methyl sites for hydroxylation is 3. The number of ether oxygens (including phenoxy) is 2. The molecule has 6 nitrogen and oxygen atoms in total. The highest BCUT2D eigenvalue weighted by atomic mass is 16.5. The van der Waals surface area contributed by atoms with Crippen LogP contribution in [0.5, 0.6) is 11.5 Å². The first-order valence-corrected chi connectivity index (χ1v) is 10.1. The Morgan fingerprint density at radius 1 is 0.968 bits per heavy atom. The first-order valence-electron chi connectivity index (χ1n) is 10.1. The molecule has 1 amide bonds. The van der Waals surface area contributed by atoms with Crippen LogP contribution in [0.2, 0.25) is 0 Å². The second-order valence-electron chi connectivity index (χ2n) is 7.46. The van der Waals surface area contributed by atoms with Gasteiger partial charge < -0.3 is 19.8 Å². The standard InChI is InChI=1S/C25H25N3O3/c1-16-7-9-22-23(11-16)28-24(27-22)10-8-17-5-4-6-19(12-17)26-25(29)18-13-20(30-2)15-21(14-18)31-3/h4-7,9,11-15H,8,10H2,1-3H3,(H,26,29)(H,27,28). The summed E-state index contributed by atoms with van der Waals surface area (Å²) < 4.78 is 10.5. The van der Waals surface area contributed by atoms with E-state index in [0.29, 0.717) is 17.1 Å². The van der Waals surface area contributed by atoms with E-state index in [0.717, 1.165) is 41.0 Å². The molecule has 2 N–H and O–H groups in total. The number of nitrogens with one attached hydrogen (secondary N) is 2. The third-order valence-corrected chi connectivity index (χ3v) is 5.14. The lowest BCUT2D eigenvalue weighted by molar-refractivity contribution is 0.102. The minimum atomic E-state index is -0.220. The summed E-state index contributed by atoms with van der Waals surface area (Å²) >= 11 is 0. The van der Waals surface area contributed by atoms with Crippen molar-refractivity contribution < 1.29 is 14.3 Å². The Kier molecular flexibility index (Phi) is 5.89. The average molecular weight is 415 g/mol. The lowest BCUT2D eigenvalue weighted by atomic mass is 10.1. The van der Waals surface area contributed by atoms with Crippen molar-refractivity contribution in [3.8, 4) is 11.5 Å². The van der Waals surface area contributed by atoms with E-state index in [4.69, 9.17) is 9.47 Å². The van der Waals surface area contributed by atoms with Gasteiger partial charge in [0.1, 0.15) is 17.3 Å². The second-order valence-corrected chi connectivity index (χ2v) is 7.46. The number of hydrogen-bond acceptors (Lipinski definition) is 4. The number of methoxy groups -OCH3 is 2. The highest BCUT2D eigenvalue weighted by Crippen LogP contribution is 2.23. The molecule has 4 rings (SSSR count). The SMILES string of the molecule is COc1cc(OC)cc(C(=O)Nc2cccc(CCc3nc4ccc(C)cc4[nH]3)c2)c1. The lowest BCUT2D eigenvalue weighted by Crippen LogP contribution is -2.12. The zero-order valence-corrected chi connectivity index (χ0v) is 17.9. The van der Waals surface area contributed by atoms with Gasteiger partial charge in [-0.2, -0.15) is 0 Å². The normalized spacial score (nSPS) is 10.8. The fourth-order valence-electron chi connectivity index (χ4n) is 3.50. The van der Waals surface area contributed by atoms with Gasteiger partial charge in [-0.1, -0.05) is 18.2 Å². The molecule has 1 aromatic heterocycles. The first-order chi connectivity index (χ1) is 15.0. The molecule has 0 aliphatic rings. The van der Waals surface area contributed by atoms with Crippen LogP contribution in [0.3, 0.4) is 0 Å². The molecular formula is C25H25N3O3. The van der Waals surface area contributed by atoms with Gasteiger partial charge in [0, 0.05) is 23.7 Å². The van der Waals surface area contributed by atoms with Crippen LogP contribution in [0, 0.1) is 6.92 Å². The number of H-pyrrole nitrogens is 1. The average Bonchev–Trinajstić information content (AvgIpc) is 3.19. The summed E-state index contributed by atoms with van der Waals surface area (Å²) in [6, 6.07) is 19.2. The van der Waals surface area contributed by atoms with Crippen molar-refractivity contribution in [1.29, 1.82) is 0 Å². The number of benzene rings is 3. The van der Waals surface area contributed by atoms with Crippen LogP contribution in [-0.2, 0) is 12.8 Å². The highest BCUT2D eigenvalue weighted by Gasteiger charge is 2.11. The van der Waals surface area contributed by atoms with Crippen LogP contribution >= 0.6 is 0 Å². The summed E-state index contributed by atoms with van der Waals surface area (Å²) in [4.78, 5) is 20.8. The third-order valence-electron chi connectivity index (χ3n) is 5.14. The van der Waals surface area contributed by atoms with Crippen molar-refractivity contribution in [1.82, 2.24) is 9.97 Å². The number of nitrogens with zero attached hydrogens (tertiary/aromatic N) is 1. The van der Waals surface area contributed by atoms with E-state index in [1.54, 1.807) is 32.4 Å². The van der Waals surface area contributed by atoms with Gasteiger partial charge >= 0.3 is 0 Å². The largest absolute Gasteiger partial charge is 0.497 e. The van der Waals surface area contributed by atoms with E-state index in [1.165, 1.54) is 5.56 Å². The number of aromatic nitrogens is 2. The molecule has 0 bridgehead atoms. The summed E-state index contributed by atoms with van der Waals surface area (Å²) in [5.41, 5.74) is 5.58. The number of anilines is 1. The van der Waals surface area contributed by atoms with Gasteiger partial charge in [-0.3, -0.25) is 4.79 Å². The molecule has 1 heterocycles. The van der Waals surface area contributed by atoms with Gasteiger partial charge in [0.05, 0.1) is 25.3 Å². The quantitative estimate of drug-likeness (QED) is 0.449. The zero-order valence-electron chi connectivity index (χ0n) is 17.9. The van der Waals surface area contributed by atoms with E-state index in [1.807, 2.05) is 24.3 Å². The molecule has 31 heavy (non-hydrogen) atoms. The molecule has 4 aromatic rings. The van der Waals surface area contributed by atoms with Crippen LogP contribution in [0.1, 0.15) is 27.3 Å². The maximum absolute atomic E-state index is 12.7. The predicted octanol–water partition coefficient (Wildman–Crippen LogP) is 4.93. The Morgan fingerprint density at radius 2 is 1.74 bits per heavy atom. The molecule has 6 heteroatoms.